The third-order valence-corrected chi connectivity index (χ3v) is 8.85. The number of hydrogen-bond donors (Lipinski definition) is 1. The molecule has 0 bridgehead atoms. The zero-order valence-electron chi connectivity index (χ0n) is 16.5. The number of nitrogens with two attached hydrogens (primary N) is 1. The number of hydrogen-bond acceptors (Lipinski definition) is 3. The van der Waals surface area contributed by atoms with Gasteiger partial charge in [-0.3, -0.25) is 9.59 Å². The fourth-order valence-electron chi connectivity index (χ4n) is 7.60. The Balaban J connectivity index is 1.69. The van der Waals surface area contributed by atoms with Crippen LogP contribution in [0.2, 0.25) is 0 Å². The Morgan fingerprint density at radius 2 is 1.92 bits per heavy atom. The van der Waals surface area contributed by atoms with Crippen LogP contribution in [0.15, 0.2) is 12.2 Å². The van der Waals surface area contributed by atoms with Crippen molar-refractivity contribution in [3.8, 4) is 0 Å². The summed E-state index contributed by atoms with van der Waals surface area (Å²) in [5.41, 5.74) is 5.62. The van der Waals surface area contributed by atoms with Crippen molar-refractivity contribution in [1.29, 1.82) is 0 Å². The number of fused-ring (bicyclic) bond motifs is 5. The molecule has 144 valence electrons. The SMILES string of the molecule is C[C@]12CCCC[C@@H]1C(=O)C[C@@H]1[C@@H]2CC[C@]2(C)C(=O)CC(C=CCCN)[C@@H]12. The molecule has 0 aromatic carbocycles. The summed E-state index contributed by atoms with van der Waals surface area (Å²) in [6.07, 6.45) is 13.6. The van der Waals surface area contributed by atoms with E-state index in [1.807, 2.05) is 0 Å². The van der Waals surface area contributed by atoms with Crippen molar-refractivity contribution >= 4 is 11.6 Å². The van der Waals surface area contributed by atoms with Crippen molar-refractivity contribution in [3.05, 3.63) is 12.2 Å². The second-order valence-electron chi connectivity index (χ2n) is 10.0. The molecule has 1 unspecified atom stereocenters. The van der Waals surface area contributed by atoms with Crippen LogP contribution in [0.3, 0.4) is 0 Å². The Morgan fingerprint density at radius 1 is 1.12 bits per heavy atom. The maximum Gasteiger partial charge on any atom is 0.139 e. The van der Waals surface area contributed by atoms with Crippen LogP contribution >= 0.6 is 0 Å². The highest BCUT2D eigenvalue weighted by molar-refractivity contribution is 5.89. The molecule has 3 nitrogen and oxygen atoms in total. The van der Waals surface area contributed by atoms with Crippen LogP contribution in [0.4, 0.5) is 0 Å². The number of carbonyl (C=O) groups excluding carboxylic acids is 2. The predicted molar refractivity (Wildman–Crippen MR) is 103 cm³/mol. The lowest BCUT2D eigenvalue weighted by molar-refractivity contribution is -0.156. The minimum atomic E-state index is -0.211. The van der Waals surface area contributed by atoms with E-state index >= 15 is 0 Å². The summed E-state index contributed by atoms with van der Waals surface area (Å²) in [6, 6.07) is 0. The van der Waals surface area contributed by atoms with Crippen molar-refractivity contribution < 1.29 is 9.59 Å². The van der Waals surface area contributed by atoms with Crippen LogP contribution in [-0.4, -0.2) is 18.1 Å². The highest BCUT2D eigenvalue weighted by Gasteiger charge is 2.63. The number of rotatable bonds is 3. The number of allylic oxidation sites excluding steroid dienone is 1. The first-order valence-electron chi connectivity index (χ1n) is 10.8. The molecule has 4 rings (SSSR count). The summed E-state index contributed by atoms with van der Waals surface area (Å²) in [5, 5.41) is 0. The third kappa shape index (κ3) is 2.57. The summed E-state index contributed by atoms with van der Waals surface area (Å²) < 4.78 is 0. The molecule has 0 saturated heterocycles. The Bertz CT molecular complexity index is 626. The standard InChI is InChI=1S/C23H35NO2/c1-22-10-5-3-8-18(22)19(25)14-16-17(22)9-11-23(2)20(26)13-15(21(16)23)7-4-6-12-24/h4,7,15-18,21H,3,5-6,8-14,24H2,1-2H3/t15?,16-,17+,18-,21+,22-,23-/m1/s1. The van der Waals surface area contributed by atoms with Crippen LogP contribution in [0.25, 0.3) is 0 Å². The Morgan fingerprint density at radius 3 is 2.69 bits per heavy atom. The molecule has 26 heavy (non-hydrogen) atoms. The van der Waals surface area contributed by atoms with E-state index in [9.17, 15) is 9.59 Å². The summed E-state index contributed by atoms with van der Waals surface area (Å²) in [6.45, 7) is 5.26. The highest BCUT2D eigenvalue weighted by atomic mass is 16.1. The topological polar surface area (TPSA) is 60.2 Å². The van der Waals surface area contributed by atoms with Crippen LogP contribution in [-0.2, 0) is 9.59 Å². The molecular weight excluding hydrogens is 322 g/mol. The normalized spacial score (nSPS) is 48.3. The highest BCUT2D eigenvalue weighted by Crippen LogP contribution is 2.65. The summed E-state index contributed by atoms with van der Waals surface area (Å²) in [7, 11) is 0. The Hall–Kier alpha value is -0.960. The molecule has 2 N–H and O–H groups in total. The first-order chi connectivity index (χ1) is 12.4. The van der Waals surface area contributed by atoms with Crippen molar-refractivity contribution in [1.82, 2.24) is 0 Å². The van der Waals surface area contributed by atoms with Crippen molar-refractivity contribution in [3.63, 3.8) is 0 Å². The molecule has 4 aliphatic carbocycles. The molecule has 7 atom stereocenters. The van der Waals surface area contributed by atoms with Gasteiger partial charge in [-0.25, -0.2) is 0 Å². The third-order valence-electron chi connectivity index (χ3n) is 8.85. The first kappa shape index (κ1) is 18.4. The lowest BCUT2D eigenvalue weighted by Crippen LogP contribution is -2.56. The summed E-state index contributed by atoms with van der Waals surface area (Å²) >= 11 is 0. The minimum absolute atomic E-state index is 0.177. The van der Waals surface area contributed by atoms with Gasteiger partial charge in [0.25, 0.3) is 0 Å². The largest absolute Gasteiger partial charge is 0.330 e. The van der Waals surface area contributed by atoms with Crippen LogP contribution in [0.1, 0.15) is 71.6 Å². The van der Waals surface area contributed by atoms with Crippen LogP contribution < -0.4 is 5.73 Å². The lowest BCUT2D eigenvalue weighted by Gasteiger charge is -2.59. The fourth-order valence-corrected chi connectivity index (χ4v) is 7.60. The molecule has 0 heterocycles. The molecule has 0 radical (unpaired) electrons. The molecule has 0 aromatic rings. The number of ketones is 2. The van der Waals surface area contributed by atoms with E-state index in [1.165, 1.54) is 19.3 Å². The molecule has 4 fully saturated rings. The van der Waals surface area contributed by atoms with Crippen LogP contribution in [0.5, 0.6) is 0 Å². The van der Waals surface area contributed by atoms with Gasteiger partial charge < -0.3 is 5.73 Å². The molecule has 0 aliphatic heterocycles. The van der Waals surface area contributed by atoms with E-state index in [4.69, 9.17) is 5.73 Å². The van der Waals surface area contributed by atoms with Crippen molar-refractivity contribution in [2.45, 2.75) is 71.6 Å². The summed E-state index contributed by atoms with van der Waals surface area (Å²) in [5.74, 6) is 2.91. The first-order valence-corrected chi connectivity index (χ1v) is 10.8. The van der Waals surface area contributed by atoms with Gasteiger partial charge in [0.2, 0.25) is 0 Å². The second-order valence-corrected chi connectivity index (χ2v) is 10.0. The van der Waals surface area contributed by atoms with Gasteiger partial charge in [-0.2, -0.15) is 0 Å². The monoisotopic (exact) mass is 357 g/mol. The quantitative estimate of drug-likeness (QED) is 0.766. The predicted octanol–water partition coefficient (Wildman–Crippen LogP) is 4.30. The van der Waals surface area contributed by atoms with E-state index in [0.717, 1.165) is 32.1 Å². The maximum absolute atomic E-state index is 13.1. The number of Topliss-reactive ketones (excluding diaryl/α,β-unsaturated/α-hetero) is 2. The molecule has 4 aliphatic rings. The second kappa shape index (κ2) is 6.58. The van der Waals surface area contributed by atoms with E-state index in [1.54, 1.807) is 0 Å². The molecule has 0 aromatic heterocycles. The van der Waals surface area contributed by atoms with Gasteiger partial charge in [-0.1, -0.05) is 38.8 Å². The lowest BCUT2D eigenvalue weighted by atomic mass is 9.44. The average molecular weight is 358 g/mol. The van der Waals surface area contributed by atoms with Gasteiger partial charge in [-0.05, 0) is 67.7 Å². The number of carbonyl (C=O) groups is 2. The maximum atomic E-state index is 13.1. The van der Waals surface area contributed by atoms with E-state index < -0.39 is 0 Å². The fraction of sp³-hybridized carbons (Fsp3) is 0.826. The average Bonchev–Trinajstić information content (AvgIpc) is 2.86. The van der Waals surface area contributed by atoms with Crippen LogP contribution in [0, 0.1) is 40.4 Å². The molecule has 0 spiro atoms. The van der Waals surface area contributed by atoms with Gasteiger partial charge in [0.15, 0.2) is 0 Å². The molecule has 4 saturated carbocycles. The zero-order chi connectivity index (χ0) is 18.5. The van der Waals surface area contributed by atoms with Gasteiger partial charge >= 0.3 is 0 Å². The van der Waals surface area contributed by atoms with Crippen molar-refractivity contribution in [2.24, 2.45) is 46.2 Å². The molecule has 3 heteroatoms. The summed E-state index contributed by atoms with van der Waals surface area (Å²) in [4.78, 5) is 26.1. The van der Waals surface area contributed by atoms with Gasteiger partial charge in [-0.15, -0.1) is 0 Å². The van der Waals surface area contributed by atoms with E-state index in [-0.39, 0.29) is 16.7 Å². The van der Waals surface area contributed by atoms with Gasteiger partial charge in [0, 0.05) is 24.2 Å². The van der Waals surface area contributed by atoms with E-state index in [2.05, 4.69) is 26.0 Å². The van der Waals surface area contributed by atoms with E-state index in [0.29, 0.717) is 48.2 Å². The van der Waals surface area contributed by atoms with Gasteiger partial charge in [0.1, 0.15) is 11.6 Å². The van der Waals surface area contributed by atoms with Gasteiger partial charge in [0.05, 0.1) is 0 Å². The van der Waals surface area contributed by atoms with Crippen molar-refractivity contribution in [2.75, 3.05) is 6.54 Å². The molecular formula is C23H35NO2. The smallest absolute Gasteiger partial charge is 0.139 e. The molecule has 0 amide bonds. The zero-order valence-corrected chi connectivity index (χ0v) is 16.5. The minimum Gasteiger partial charge on any atom is -0.330 e. The Labute approximate surface area is 158 Å². The Kier molecular flexibility index (Phi) is 4.66.